The summed E-state index contributed by atoms with van der Waals surface area (Å²) in [6.07, 6.45) is 5.13. The summed E-state index contributed by atoms with van der Waals surface area (Å²) in [4.78, 5) is 12.4. The van der Waals surface area contributed by atoms with Crippen LogP contribution in [0.5, 0.6) is 0 Å². The summed E-state index contributed by atoms with van der Waals surface area (Å²) in [5.74, 6) is -0.0121. The summed E-state index contributed by atoms with van der Waals surface area (Å²) in [6.45, 7) is 1.86. The number of carbonyl (C=O) groups excluding carboxylic acids is 1. The van der Waals surface area contributed by atoms with Crippen LogP contribution < -0.4 is 5.32 Å². The van der Waals surface area contributed by atoms with Crippen molar-refractivity contribution in [2.45, 2.75) is 37.1 Å². The van der Waals surface area contributed by atoms with Crippen molar-refractivity contribution in [3.05, 3.63) is 17.5 Å². The molecule has 1 aromatic heterocycles. The molecule has 1 amide bonds. The lowest BCUT2D eigenvalue weighted by Gasteiger charge is -2.15. The second kappa shape index (κ2) is 4.57. The molecule has 1 fully saturated rings. The summed E-state index contributed by atoms with van der Waals surface area (Å²) in [5.41, 5.74) is 1.46. The van der Waals surface area contributed by atoms with Crippen molar-refractivity contribution < 1.29 is 4.79 Å². The molecule has 16 heavy (non-hydrogen) atoms. The zero-order chi connectivity index (χ0) is 11.7. The maximum Gasteiger partial charge on any atom is 0.254 e. The lowest BCUT2D eigenvalue weighted by atomic mass is 10.2. The Morgan fingerprint density at radius 3 is 2.88 bits per heavy atom. The Hall–Kier alpha value is -0.840. The Morgan fingerprint density at radius 2 is 2.38 bits per heavy atom. The Labute approximate surface area is 104 Å². The molecule has 0 saturated heterocycles. The third-order valence-electron chi connectivity index (χ3n) is 3.01. The van der Waals surface area contributed by atoms with Gasteiger partial charge in [0.15, 0.2) is 0 Å². The van der Waals surface area contributed by atoms with Gasteiger partial charge in [-0.3, -0.25) is 9.48 Å². The first-order chi connectivity index (χ1) is 7.58. The molecule has 0 radical (unpaired) electrons. The van der Waals surface area contributed by atoms with Gasteiger partial charge in [0, 0.05) is 24.1 Å². The SMILES string of the molecule is Cc1nn(C)cc1C(=O)NC1CCCC1Br. The number of halogens is 1. The number of alkyl halides is 1. The van der Waals surface area contributed by atoms with Crippen molar-refractivity contribution in [2.75, 3.05) is 0 Å². The molecular formula is C11H16BrN3O. The first-order valence-electron chi connectivity index (χ1n) is 5.53. The lowest BCUT2D eigenvalue weighted by Crippen LogP contribution is -2.37. The van der Waals surface area contributed by atoms with Gasteiger partial charge in [-0.1, -0.05) is 22.4 Å². The van der Waals surface area contributed by atoms with E-state index in [1.807, 2.05) is 14.0 Å². The van der Waals surface area contributed by atoms with Crippen molar-refractivity contribution in [3.63, 3.8) is 0 Å². The highest BCUT2D eigenvalue weighted by atomic mass is 79.9. The highest BCUT2D eigenvalue weighted by Crippen LogP contribution is 2.25. The molecule has 4 nitrogen and oxygen atoms in total. The second-order valence-electron chi connectivity index (χ2n) is 4.33. The van der Waals surface area contributed by atoms with Gasteiger partial charge in [-0.05, 0) is 19.8 Å². The van der Waals surface area contributed by atoms with E-state index in [2.05, 4.69) is 26.3 Å². The minimum Gasteiger partial charge on any atom is -0.348 e. The third kappa shape index (κ3) is 2.29. The molecule has 1 aliphatic carbocycles. The predicted molar refractivity (Wildman–Crippen MR) is 65.8 cm³/mol. The number of nitrogens with zero attached hydrogens (tertiary/aromatic N) is 2. The molecular weight excluding hydrogens is 270 g/mol. The van der Waals surface area contributed by atoms with E-state index in [0.29, 0.717) is 10.4 Å². The fourth-order valence-electron chi connectivity index (χ4n) is 2.15. The summed E-state index contributed by atoms with van der Waals surface area (Å²) in [6, 6.07) is 0.257. The van der Waals surface area contributed by atoms with Crippen LogP contribution in [0.25, 0.3) is 0 Å². The minimum atomic E-state index is -0.0121. The lowest BCUT2D eigenvalue weighted by molar-refractivity contribution is 0.0938. The monoisotopic (exact) mass is 285 g/mol. The first-order valence-corrected chi connectivity index (χ1v) is 6.44. The Morgan fingerprint density at radius 1 is 1.62 bits per heavy atom. The topological polar surface area (TPSA) is 46.9 Å². The quantitative estimate of drug-likeness (QED) is 0.842. The highest BCUT2D eigenvalue weighted by Gasteiger charge is 2.27. The van der Waals surface area contributed by atoms with Gasteiger partial charge in [-0.15, -0.1) is 0 Å². The van der Waals surface area contributed by atoms with Crippen LogP contribution in [-0.2, 0) is 7.05 Å². The fraction of sp³-hybridized carbons (Fsp3) is 0.636. The van der Waals surface area contributed by atoms with Crippen molar-refractivity contribution in [1.82, 2.24) is 15.1 Å². The van der Waals surface area contributed by atoms with Crippen LogP contribution in [-0.4, -0.2) is 26.6 Å². The standard InChI is InChI=1S/C11H16BrN3O/c1-7-8(6-15(2)14-7)11(16)13-10-5-3-4-9(10)12/h6,9-10H,3-5H2,1-2H3,(H,13,16). The van der Waals surface area contributed by atoms with Crippen molar-refractivity contribution in [2.24, 2.45) is 7.05 Å². The first kappa shape index (κ1) is 11.6. The Bertz CT molecular complexity index is 402. The summed E-state index contributed by atoms with van der Waals surface area (Å²) in [7, 11) is 1.83. The van der Waals surface area contributed by atoms with Crippen LogP contribution in [0.1, 0.15) is 35.3 Å². The number of rotatable bonds is 2. The number of hydrogen-bond donors (Lipinski definition) is 1. The molecule has 2 atom stereocenters. The van der Waals surface area contributed by atoms with Crippen LogP contribution in [0, 0.1) is 6.92 Å². The molecule has 0 aromatic carbocycles. The summed E-state index contributed by atoms with van der Waals surface area (Å²) < 4.78 is 1.67. The van der Waals surface area contributed by atoms with E-state index in [4.69, 9.17) is 0 Å². The van der Waals surface area contributed by atoms with Crippen molar-refractivity contribution >= 4 is 21.8 Å². The largest absolute Gasteiger partial charge is 0.348 e. The van der Waals surface area contributed by atoms with Gasteiger partial charge in [-0.25, -0.2) is 0 Å². The average Bonchev–Trinajstić information content (AvgIpc) is 2.74. The normalized spacial score (nSPS) is 24.7. The van der Waals surface area contributed by atoms with Gasteiger partial charge in [0.25, 0.3) is 5.91 Å². The molecule has 0 spiro atoms. The van der Waals surface area contributed by atoms with Gasteiger partial charge in [0.05, 0.1) is 11.3 Å². The van der Waals surface area contributed by atoms with E-state index >= 15 is 0 Å². The summed E-state index contributed by atoms with van der Waals surface area (Å²) >= 11 is 3.59. The van der Waals surface area contributed by atoms with E-state index < -0.39 is 0 Å². The van der Waals surface area contributed by atoms with Crippen LogP contribution in [0.3, 0.4) is 0 Å². The third-order valence-corrected chi connectivity index (χ3v) is 4.10. The van der Waals surface area contributed by atoms with Gasteiger partial charge in [0.1, 0.15) is 0 Å². The maximum absolute atomic E-state index is 12.0. The van der Waals surface area contributed by atoms with Crippen LogP contribution in [0.2, 0.25) is 0 Å². The van der Waals surface area contributed by atoms with Gasteiger partial charge < -0.3 is 5.32 Å². The predicted octanol–water partition coefficient (Wildman–Crippen LogP) is 1.77. The molecule has 2 rings (SSSR count). The Balaban J connectivity index is 2.05. The number of hydrogen-bond acceptors (Lipinski definition) is 2. The molecule has 0 bridgehead atoms. The minimum absolute atomic E-state index is 0.0121. The van der Waals surface area contributed by atoms with E-state index in [1.54, 1.807) is 10.9 Å². The van der Waals surface area contributed by atoms with E-state index in [1.165, 1.54) is 6.42 Å². The molecule has 5 heteroatoms. The smallest absolute Gasteiger partial charge is 0.254 e. The number of aromatic nitrogens is 2. The molecule has 0 aliphatic heterocycles. The van der Waals surface area contributed by atoms with Crippen molar-refractivity contribution in [3.8, 4) is 0 Å². The zero-order valence-electron chi connectivity index (χ0n) is 9.53. The van der Waals surface area contributed by atoms with E-state index in [0.717, 1.165) is 18.5 Å². The van der Waals surface area contributed by atoms with Crippen LogP contribution in [0.4, 0.5) is 0 Å². The molecule has 1 aromatic rings. The molecule has 1 saturated carbocycles. The highest BCUT2D eigenvalue weighted by molar-refractivity contribution is 9.09. The van der Waals surface area contributed by atoms with Gasteiger partial charge >= 0.3 is 0 Å². The molecule has 1 aliphatic rings. The second-order valence-corrected chi connectivity index (χ2v) is 5.50. The molecule has 2 unspecified atom stereocenters. The van der Waals surface area contributed by atoms with Gasteiger partial charge in [-0.2, -0.15) is 5.10 Å². The summed E-state index contributed by atoms with van der Waals surface area (Å²) in [5, 5.41) is 7.23. The van der Waals surface area contributed by atoms with E-state index in [-0.39, 0.29) is 11.9 Å². The fourth-order valence-corrected chi connectivity index (χ4v) is 2.87. The number of nitrogens with one attached hydrogen (secondary N) is 1. The maximum atomic E-state index is 12.0. The molecule has 1 heterocycles. The van der Waals surface area contributed by atoms with Crippen molar-refractivity contribution in [1.29, 1.82) is 0 Å². The average molecular weight is 286 g/mol. The number of amides is 1. The van der Waals surface area contributed by atoms with E-state index in [9.17, 15) is 4.79 Å². The Kier molecular flexibility index (Phi) is 3.33. The zero-order valence-corrected chi connectivity index (χ0v) is 11.1. The number of aryl methyl sites for hydroxylation is 2. The van der Waals surface area contributed by atoms with Crippen LogP contribution in [0.15, 0.2) is 6.20 Å². The van der Waals surface area contributed by atoms with Gasteiger partial charge in [0.2, 0.25) is 0 Å². The molecule has 88 valence electrons. The van der Waals surface area contributed by atoms with Crippen LogP contribution >= 0.6 is 15.9 Å². The number of carbonyl (C=O) groups is 1. The molecule has 1 N–H and O–H groups in total.